The summed E-state index contributed by atoms with van der Waals surface area (Å²) in [5.74, 6) is 0. The largest absolute Gasteiger partial charge is 0.330 e. The lowest BCUT2D eigenvalue weighted by Crippen LogP contribution is -2.19. The Hall–Kier alpha value is -1.35. The molecule has 1 saturated carbocycles. The van der Waals surface area contributed by atoms with Gasteiger partial charge in [0, 0.05) is 17.3 Å². The van der Waals surface area contributed by atoms with E-state index in [1.807, 2.05) is 6.20 Å². The summed E-state index contributed by atoms with van der Waals surface area (Å²) in [6.07, 6.45) is 4.34. The van der Waals surface area contributed by atoms with E-state index in [-0.39, 0.29) is 5.41 Å². The molecule has 0 atom stereocenters. The van der Waals surface area contributed by atoms with Crippen LogP contribution in [-0.2, 0) is 5.41 Å². The van der Waals surface area contributed by atoms with Crippen LogP contribution in [0.5, 0.6) is 0 Å². The number of nitrogens with one attached hydrogen (secondary N) is 1. The highest BCUT2D eigenvalue weighted by Crippen LogP contribution is 2.49. The number of benzene rings is 1. The van der Waals surface area contributed by atoms with Crippen LogP contribution in [0.4, 0.5) is 0 Å². The van der Waals surface area contributed by atoms with E-state index in [1.54, 1.807) is 0 Å². The zero-order valence-corrected chi connectivity index (χ0v) is 7.96. The van der Waals surface area contributed by atoms with Crippen LogP contribution in [0, 0.1) is 0 Å². The van der Waals surface area contributed by atoms with Crippen molar-refractivity contribution >= 4 is 10.9 Å². The number of aromatic amines is 1. The van der Waals surface area contributed by atoms with Crippen LogP contribution >= 0.6 is 0 Å². The number of H-pyrrole nitrogens is 1. The van der Waals surface area contributed by atoms with Crippen molar-refractivity contribution in [3.05, 3.63) is 30.0 Å². The number of hydrogen-bond acceptors (Lipinski definition) is 2. The first-order chi connectivity index (χ1) is 6.86. The minimum atomic E-state index is 0.253. The van der Waals surface area contributed by atoms with Crippen LogP contribution in [0.2, 0.25) is 0 Å². The van der Waals surface area contributed by atoms with Gasteiger partial charge in [0.05, 0.1) is 11.7 Å². The standard InChI is InChI=1S/C11H13N3/c12-7-11(4-5-11)9-2-1-3-10-8(9)6-13-14-10/h1-3,6H,4-5,7,12H2,(H,13,14). The Bertz CT molecular complexity index is 468. The first kappa shape index (κ1) is 8.00. The molecule has 1 aromatic heterocycles. The van der Waals surface area contributed by atoms with Crippen molar-refractivity contribution in [1.29, 1.82) is 0 Å². The van der Waals surface area contributed by atoms with Gasteiger partial charge >= 0.3 is 0 Å². The summed E-state index contributed by atoms with van der Waals surface area (Å²) in [5, 5.41) is 8.30. The minimum absolute atomic E-state index is 0.253. The van der Waals surface area contributed by atoms with E-state index < -0.39 is 0 Å². The average Bonchev–Trinajstić information content (AvgIpc) is 2.87. The molecule has 0 aliphatic heterocycles. The molecule has 0 saturated heterocycles. The van der Waals surface area contributed by atoms with Gasteiger partial charge in [0.25, 0.3) is 0 Å². The second-order valence-electron chi connectivity index (χ2n) is 4.12. The van der Waals surface area contributed by atoms with Crippen LogP contribution < -0.4 is 5.73 Å². The highest BCUT2D eigenvalue weighted by Gasteiger charge is 2.43. The Kier molecular flexibility index (Phi) is 1.47. The summed E-state index contributed by atoms with van der Waals surface area (Å²) >= 11 is 0. The van der Waals surface area contributed by atoms with Gasteiger partial charge < -0.3 is 5.73 Å². The maximum absolute atomic E-state index is 5.83. The molecular weight excluding hydrogens is 174 g/mol. The molecule has 1 fully saturated rings. The first-order valence-corrected chi connectivity index (χ1v) is 4.98. The van der Waals surface area contributed by atoms with E-state index in [9.17, 15) is 0 Å². The van der Waals surface area contributed by atoms with Gasteiger partial charge in [-0.15, -0.1) is 0 Å². The van der Waals surface area contributed by atoms with E-state index in [4.69, 9.17) is 5.73 Å². The molecule has 1 heterocycles. The fourth-order valence-corrected chi connectivity index (χ4v) is 2.16. The Morgan fingerprint density at radius 3 is 3.00 bits per heavy atom. The van der Waals surface area contributed by atoms with Crippen molar-refractivity contribution in [1.82, 2.24) is 10.2 Å². The van der Waals surface area contributed by atoms with E-state index in [0.717, 1.165) is 12.1 Å². The maximum atomic E-state index is 5.83. The van der Waals surface area contributed by atoms with Gasteiger partial charge in [-0.05, 0) is 24.5 Å². The van der Waals surface area contributed by atoms with E-state index >= 15 is 0 Å². The Labute approximate surface area is 82.3 Å². The molecule has 0 amide bonds. The lowest BCUT2D eigenvalue weighted by atomic mass is 9.93. The highest BCUT2D eigenvalue weighted by atomic mass is 15.1. The first-order valence-electron chi connectivity index (χ1n) is 4.98. The highest BCUT2D eigenvalue weighted by molar-refractivity contribution is 5.83. The summed E-state index contributed by atoms with van der Waals surface area (Å²) < 4.78 is 0. The summed E-state index contributed by atoms with van der Waals surface area (Å²) in [6.45, 7) is 0.747. The summed E-state index contributed by atoms with van der Waals surface area (Å²) in [6, 6.07) is 6.31. The molecule has 0 bridgehead atoms. The normalized spacial score (nSPS) is 18.6. The molecule has 3 heteroatoms. The molecule has 0 spiro atoms. The van der Waals surface area contributed by atoms with Crippen molar-refractivity contribution in [2.45, 2.75) is 18.3 Å². The molecule has 72 valence electrons. The van der Waals surface area contributed by atoms with Crippen LogP contribution in [0.3, 0.4) is 0 Å². The second kappa shape index (κ2) is 2.58. The Morgan fingerprint density at radius 2 is 2.29 bits per heavy atom. The number of nitrogens with two attached hydrogens (primary N) is 1. The van der Waals surface area contributed by atoms with E-state index in [0.29, 0.717) is 0 Å². The van der Waals surface area contributed by atoms with Gasteiger partial charge in [-0.25, -0.2) is 0 Å². The van der Waals surface area contributed by atoms with E-state index in [1.165, 1.54) is 23.8 Å². The molecule has 1 aliphatic rings. The third-order valence-electron chi connectivity index (χ3n) is 3.30. The third-order valence-corrected chi connectivity index (χ3v) is 3.30. The molecule has 14 heavy (non-hydrogen) atoms. The molecule has 3 N–H and O–H groups in total. The maximum Gasteiger partial charge on any atom is 0.0653 e. The number of aromatic nitrogens is 2. The summed E-state index contributed by atoms with van der Waals surface area (Å²) in [5.41, 5.74) is 8.56. The predicted octanol–water partition coefficient (Wildman–Crippen LogP) is 1.55. The molecule has 0 radical (unpaired) electrons. The average molecular weight is 187 g/mol. The molecule has 3 rings (SSSR count). The lowest BCUT2D eigenvalue weighted by molar-refractivity contribution is 0.711. The van der Waals surface area contributed by atoms with Gasteiger partial charge in [-0.3, -0.25) is 5.10 Å². The molecule has 3 nitrogen and oxygen atoms in total. The van der Waals surface area contributed by atoms with Crippen molar-refractivity contribution in [3.63, 3.8) is 0 Å². The van der Waals surface area contributed by atoms with Gasteiger partial charge in [0.1, 0.15) is 0 Å². The molecule has 1 aromatic carbocycles. The quantitative estimate of drug-likeness (QED) is 0.749. The van der Waals surface area contributed by atoms with Gasteiger partial charge in [-0.2, -0.15) is 5.10 Å². The zero-order chi connectivity index (χ0) is 9.60. The monoisotopic (exact) mass is 187 g/mol. The van der Waals surface area contributed by atoms with Crippen molar-refractivity contribution < 1.29 is 0 Å². The fourth-order valence-electron chi connectivity index (χ4n) is 2.16. The predicted molar refractivity (Wildman–Crippen MR) is 56.1 cm³/mol. The fraction of sp³-hybridized carbons (Fsp3) is 0.364. The van der Waals surface area contributed by atoms with Crippen LogP contribution in [0.1, 0.15) is 18.4 Å². The lowest BCUT2D eigenvalue weighted by Gasteiger charge is -2.13. The smallest absolute Gasteiger partial charge is 0.0653 e. The topological polar surface area (TPSA) is 54.7 Å². The van der Waals surface area contributed by atoms with Crippen LogP contribution in [-0.4, -0.2) is 16.7 Å². The van der Waals surface area contributed by atoms with Gasteiger partial charge in [0.2, 0.25) is 0 Å². The number of fused-ring (bicyclic) bond motifs is 1. The van der Waals surface area contributed by atoms with Gasteiger partial charge in [-0.1, -0.05) is 12.1 Å². The molecular formula is C11H13N3. The summed E-state index contributed by atoms with van der Waals surface area (Å²) in [7, 11) is 0. The second-order valence-corrected chi connectivity index (χ2v) is 4.12. The minimum Gasteiger partial charge on any atom is -0.330 e. The number of nitrogens with zero attached hydrogens (tertiary/aromatic N) is 1. The number of rotatable bonds is 2. The van der Waals surface area contributed by atoms with Crippen molar-refractivity contribution in [2.75, 3.05) is 6.54 Å². The zero-order valence-electron chi connectivity index (χ0n) is 7.96. The third kappa shape index (κ3) is 0.930. The van der Waals surface area contributed by atoms with E-state index in [2.05, 4.69) is 28.4 Å². The Balaban J connectivity index is 2.25. The van der Waals surface area contributed by atoms with Crippen LogP contribution in [0.25, 0.3) is 10.9 Å². The molecule has 0 unspecified atom stereocenters. The molecule has 2 aromatic rings. The van der Waals surface area contributed by atoms with Crippen molar-refractivity contribution in [3.8, 4) is 0 Å². The molecule has 1 aliphatic carbocycles. The Morgan fingerprint density at radius 1 is 1.43 bits per heavy atom. The SMILES string of the molecule is NCC1(c2cccc3[nH]ncc23)CC1. The van der Waals surface area contributed by atoms with Gasteiger partial charge in [0.15, 0.2) is 0 Å². The van der Waals surface area contributed by atoms with Crippen molar-refractivity contribution in [2.24, 2.45) is 5.73 Å². The van der Waals surface area contributed by atoms with Crippen LogP contribution in [0.15, 0.2) is 24.4 Å². The number of hydrogen-bond donors (Lipinski definition) is 2. The summed E-state index contributed by atoms with van der Waals surface area (Å²) in [4.78, 5) is 0.